The minimum atomic E-state index is 0.0388. The monoisotopic (exact) mass is 315 g/mol. The van der Waals surface area contributed by atoms with Crippen molar-refractivity contribution in [2.75, 3.05) is 23.3 Å². The van der Waals surface area contributed by atoms with E-state index in [1.54, 1.807) is 6.33 Å². The summed E-state index contributed by atoms with van der Waals surface area (Å²) >= 11 is 0. The van der Waals surface area contributed by atoms with Crippen LogP contribution in [0.3, 0.4) is 0 Å². The molecule has 124 valence electrons. The molecule has 0 saturated carbocycles. The Labute approximate surface area is 137 Å². The molecule has 23 heavy (non-hydrogen) atoms. The van der Waals surface area contributed by atoms with E-state index in [1.807, 2.05) is 11.6 Å². The zero-order valence-electron chi connectivity index (χ0n) is 14.4. The zero-order chi connectivity index (χ0) is 16.4. The maximum absolute atomic E-state index is 4.77. The molecule has 3 heterocycles. The van der Waals surface area contributed by atoms with E-state index >= 15 is 0 Å². The van der Waals surface area contributed by atoms with Crippen LogP contribution in [0.2, 0.25) is 0 Å². The molecule has 0 aromatic carbocycles. The molecule has 0 amide bonds. The lowest BCUT2D eigenvalue weighted by atomic mass is 10.2. The SMILES string of the molecule is CCn1ncnc1C(C)Nc1nc(N2CCCC2)nc(C)c1C. The Bertz CT molecular complexity index is 673. The second-order valence-electron chi connectivity index (χ2n) is 6.08. The first-order chi connectivity index (χ1) is 11.1. The van der Waals surface area contributed by atoms with Crippen molar-refractivity contribution >= 4 is 11.8 Å². The fraction of sp³-hybridized carbons (Fsp3) is 0.625. The molecule has 0 bridgehead atoms. The first kappa shape index (κ1) is 15.7. The second-order valence-corrected chi connectivity index (χ2v) is 6.08. The summed E-state index contributed by atoms with van der Waals surface area (Å²) in [6.45, 7) is 11.1. The average molecular weight is 315 g/mol. The predicted octanol–water partition coefficient (Wildman–Crippen LogP) is 2.48. The Kier molecular flexibility index (Phi) is 4.45. The third-order valence-corrected chi connectivity index (χ3v) is 4.45. The normalized spacial score (nSPS) is 15.9. The van der Waals surface area contributed by atoms with Gasteiger partial charge >= 0.3 is 0 Å². The lowest BCUT2D eigenvalue weighted by Gasteiger charge is -2.21. The topological polar surface area (TPSA) is 71.8 Å². The first-order valence-electron chi connectivity index (χ1n) is 8.34. The predicted molar refractivity (Wildman–Crippen MR) is 90.7 cm³/mol. The van der Waals surface area contributed by atoms with E-state index in [1.165, 1.54) is 12.8 Å². The van der Waals surface area contributed by atoms with Gasteiger partial charge in [0.1, 0.15) is 18.0 Å². The number of hydrogen-bond acceptors (Lipinski definition) is 6. The summed E-state index contributed by atoms with van der Waals surface area (Å²) in [5.41, 5.74) is 2.11. The molecule has 0 aliphatic carbocycles. The summed E-state index contributed by atoms with van der Waals surface area (Å²) in [5, 5.41) is 7.73. The molecule has 7 nitrogen and oxygen atoms in total. The molecule has 2 aromatic rings. The molecule has 1 atom stereocenters. The highest BCUT2D eigenvalue weighted by molar-refractivity contribution is 5.51. The second kappa shape index (κ2) is 6.52. The van der Waals surface area contributed by atoms with Gasteiger partial charge in [0.15, 0.2) is 0 Å². The van der Waals surface area contributed by atoms with E-state index < -0.39 is 0 Å². The number of aromatic nitrogens is 5. The minimum absolute atomic E-state index is 0.0388. The van der Waals surface area contributed by atoms with Crippen LogP contribution < -0.4 is 10.2 Å². The van der Waals surface area contributed by atoms with Crippen molar-refractivity contribution in [3.8, 4) is 0 Å². The molecular formula is C16H25N7. The molecule has 1 unspecified atom stereocenters. The van der Waals surface area contributed by atoms with Crippen LogP contribution in [0, 0.1) is 13.8 Å². The van der Waals surface area contributed by atoms with Crippen molar-refractivity contribution in [1.29, 1.82) is 0 Å². The maximum atomic E-state index is 4.77. The van der Waals surface area contributed by atoms with Crippen molar-refractivity contribution in [2.45, 2.75) is 53.1 Å². The Morgan fingerprint density at radius 1 is 1.22 bits per heavy atom. The average Bonchev–Trinajstić information content (AvgIpc) is 3.21. The number of aryl methyl sites for hydroxylation is 2. The van der Waals surface area contributed by atoms with Gasteiger partial charge in [0, 0.05) is 30.9 Å². The van der Waals surface area contributed by atoms with E-state index in [4.69, 9.17) is 4.98 Å². The molecule has 0 radical (unpaired) electrons. The molecule has 3 rings (SSSR count). The van der Waals surface area contributed by atoms with Gasteiger partial charge < -0.3 is 10.2 Å². The van der Waals surface area contributed by atoms with E-state index in [9.17, 15) is 0 Å². The van der Waals surface area contributed by atoms with Gasteiger partial charge in [-0.1, -0.05) is 0 Å². The fourth-order valence-corrected chi connectivity index (χ4v) is 2.93. The van der Waals surface area contributed by atoms with Crippen molar-refractivity contribution in [1.82, 2.24) is 24.7 Å². The van der Waals surface area contributed by atoms with E-state index in [0.717, 1.165) is 48.5 Å². The van der Waals surface area contributed by atoms with Crippen LogP contribution in [-0.2, 0) is 6.54 Å². The number of anilines is 2. The first-order valence-corrected chi connectivity index (χ1v) is 8.34. The van der Waals surface area contributed by atoms with E-state index in [-0.39, 0.29) is 6.04 Å². The van der Waals surface area contributed by atoms with Gasteiger partial charge in [0.25, 0.3) is 0 Å². The molecule has 7 heteroatoms. The maximum Gasteiger partial charge on any atom is 0.227 e. The summed E-state index contributed by atoms with van der Waals surface area (Å²) in [7, 11) is 0. The highest BCUT2D eigenvalue weighted by Crippen LogP contribution is 2.25. The van der Waals surface area contributed by atoms with Gasteiger partial charge in [0.2, 0.25) is 5.95 Å². The van der Waals surface area contributed by atoms with Crippen LogP contribution in [-0.4, -0.2) is 37.8 Å². The smallest absolute Gasteiger partial charge is 0.227 e. The highest BCUT2D eigenvalue weighted by atomic mass is 15.3. The zero-order valence-corrected chi connectivity index (χ0v) is 14.4. The summed E-state index contributed by atoms with van der Waals surface area (Å²) in [6.07, 6.45) is 4.04. The van der Waals surface area contributed by atoms with Gasteiger partial charge in [-0.2, -0.15) is 10.1 Å². The van der Waals surface area contributed by atoms with Crippen LogP contribution in [0.1, 0.15) is 49.8 Å². The van der Waals surface area contributed by atoms with Gasteiger partial charge in [-0.15, -0.1) is 0 Å². The summed E-state index contributed by atoms with van der Waals surface area (Å²) in [6, 6.07) is 0.0388. The molecule has 1 aliphatic rings. The Balaban J connectivity index is 1.86. The van der Waals surface area contributed by atoms with Crippen molar-refractivity contribution in [2.24, 2.45) is 0 Å². The number of rotatable bonds is 5. The lowest BCUT2D eigenvalue weighted by Crippen LogP contribution is -2.22. The molecule has 2 aromatic heterocycles. The van der Waals surface area contributed by atoms with E-state index in [0.29, 0.717) is 0 Å². The van der Waals surface area contributed by atoms with Gasteiger partial charge in [-0.25, -0.2) is 14.6 Å². The number of hydrogen-bond donors (Lipinski definition) is 1. The van der Waals surface area contributed by atoms with Crippen LogP contribution >= 0.6 is 0 Å². The fourth-order valence-electron chi connectivity index (χ4n) is 2.93. The summed E-state index contributed by atoms with van der Waals surface area (Å²) in [4.78, 5) is 16.1. The van der Waals surface area contributed by atoms with Crippen molar-refractivity contribution in [3.05, 3.63) is 23.4 Å². The molecule has 1 saturated heterocycles. The third-order valence-electron chi connectivity index (χ3n) is 4.45. The lowest BCUT2D eigenvalue weighted by molar-refractivity contribution is 0.592. The van der Waals surface area contributed by atoms with Crippen LogP contribution in [0.25, 0.3) is 0 Å². The standard InChI is InChI=1S/C16H25N7/c1-5-23-15(17-10-18-23)13(4)19-14-11(2)12(3)20-16(21-14)22-8-6-7-9-22/h10,13H,5-9H2,1-4H3,(H,19,20,21). The largest absolute Gasteiger partial charge is 0.360 e. The molecule has 1 fully saturated rings. The van der Waals surface area contributed by atoms with Crippen LogP contribution in [0.15, 0.2) is 6.33 Å². The Hall–Kier alpha value is -2.18. The molecule has 1 N–H and O–H groups in total. The highest BCUT2D eigenvalue weighted by Gasteiger charge is 2.19. The molecule has 0 spiro atoms. The Morgan fingerprint density at radius 3 is 2.65 bits per heavy atom. The number of nitrogens with one attached hydrogen (secondary N) is 1. The molecule has 1 aliphatic heterocycles. The van der Waals surface area contributed by atoms with Gasteiger partial charge in [-0.3, -0.25) is 0 Å². The summed E-state index contributed by atoms with van der Waals surface area (Å²) < 4.78 is 1.91. The van der Waals surface area contributed by atoms with Crippen molar-refractivity contribution in [3.63, 3.8) is 0 Å². The Morgan fingerprint density at radius 2 is 1.96 bits per heavy atom. The van der Waals surface area contributed by atoms with Crippen molar-refractivity contribution < 1.29 is 0 Å². The summed E-state index contributed by atoms with van der Waals surface area (Å²) in [5.74, 6) is 2.64. The van der Waals surface area contributed by atoms with Gasteiger partial charge in [-0.05, 0) is 40.5 Å². The number of nitrogens with zero attached hydrogens (tertiary/aromatic N) is 6. The van der Waals surface area contributed by atoms with Crippen LogP contribution in [0.4, 0.5) is 11.8 Å². The van der Waals surface area contributed by atoms with Crippen LogP contribution in [0.5, 0.6) is 0 Å². The molecular weight excluding hydrogens is 290 g/mol. The third kappa shape index (κ3) is 3.13. The van der Waals surface area contributed by atoms with Gasteiger partial charge in [0.05, 0.1) is 6.04 Å². The minimum Gasteiger partial charge on any atom is -0.360 e. The quantitative estimate of drug-likeness (QED) is 0.914. The van der Waals surface area contributed by atoms with E-state index in [2.05, 4.69) is 46.1 Å².